The lowest BCUT2D eigenvalue weighted by atomic mass is 10.1. The average molecular weight is 257 g/mol. The molecule has 0 aromatic heterocycles. The van der Waals surface area contributed by atoms with Crippen LogP contribution in [0.3, 0.4) is 0 Å². The highest BCUT2D eigenvalue weighted by Crippen LogP contribution is 2.26. The predicted molar refractivity (Wildman–Crippen MR) is 68.6 cm³/mol. The van der Waals surface area contributed by atoms with Crippen LogP contribution in [0, 0.1) is 5.82 Å². The summed E-state index contributed by atoms with van der Waals surface area (Å²) in [7, 11) is 0. The van der Waals surface area contributed by atoms with Crippen molar-refractivity contribution in [3.63, 3.8) is 0 Å². The summed E-state index contributed by atoms with van der Waals surface area (Å²) in [6.45, 7) is 0.474. The van der Waals surface area contributed by atoms with Crippen LogP contribution in [-0.4, -0.2) is 12.6 Å². The third-order valence-electron chi connectivity index (χ3n) is 3.37. The van der Waals surface area contributed by atoms with E-state index in [0.717, 1.165) is 5.56 Å². The SMILES string of the molecule is NCC(NC1CCCC1)c1ccc(F)cc1Cl. The topological polar surface area (TPSA) is 38.0 Å². The summed E-state index contributed by atoms with van der Waals surface area (Å²) in [5, 5.41) is 3.96. The van der Waals surface area contributed by atoms with Crippen LogP contribution in [0.25, 0.3) is 0 Å². The molecule has 94 valence electrons. The second-order valence-corrected chi connectivity index (χ2v) is 5.01. The fraction of sp³-hybridized carbons (Fsp3) is 0.538. The van der Waals surface area contributed by atoms with Gasteiger partial charge in [-0.15, -0.1) is 0 Å². The lowest BCUT2D eigenvalue weighted by molar-refractivity contribution is 0.444. The molecule has 0 spiro atoms. The molecular formula is C13H18ClFN2. The predicted octanol–water partition coefficient (Wildman–Crippen LogP) is 3.01. The van der Waals surface area contributed by atoms with Crippen molar-refractivity contribution in [1.29, 1.82) is 0 Å². The van der Waals surface area contributed by atoms with Crippen LogP contribution < -0.4 is 11.1 Å². The van der Waals surface area contributed by atoms with Crippen molar-refractivity contribution in [3.05, 3.63) is 34.6 Å². The van der Waals surface area contributed by atoms with Gasteiger partial charge in [0.05, 0.1) is 0 Å². The van der Waals surface area contributed by atoms with Crippen LogP contribution in [0.4, 0.5) is 4.39 Å². The van der Waals surface area contributed by atoms with E-state index in [1.54, 1.807) is 6.07 Å². The first kappa shape index (κ1) is 12.8. The number of hydrogen-bond acceptors (Lipinski definition) is 2. The number of nitrogens with one attached hydrogen (secondary N) is 1. The first-order valence-electron chi connectivity index (χ1n) is 6.12. The molecule has 1 unspecified atom stereocenters. The molecule has 0 bridgehead atoms. The maximum absolute atomic E-state index is 13.0. The van der Waals surface area contributed by atoms with Gasteiger partial charge in [0.15, 0.2) is 0 Å². The molecule has 17 heavy (non-hydrogen) atoms. The Hall–Kier alpha value is -0.640. The van der Waals surface area contributed by atoms with Gasteiger partial charge in [0.1, 0.15) is 5.82 Å². The highest BCUT2D eigenvalue weighted by Gasteiger charge is 2.20. The first-order valence-corrected chi connectivity index (χ1v) is 6.49. The van der Waals surface area contributed by atoms with Gasteiger partial charge in [-0.2, -0.15) is 0 Å². The van der Waals surface area contributed by atoms with Crippen LogP contribution in [0.5, 0.6) is 0 Å². The van der Waals surface area contributed by atoms with E-state index >= 15 is 0 Å². The van der Waals surface area contributed by atoms with Crippen LogP contribution >= 0.6 is 11.6 Å². The standard InChI is InChI=1S/C13H18ClFN2/c14-12-7-9(15)5-6-11(12)13(8-16)17-10-3-1-2-4-10/h5-7,10,13,17H,1-4,8,16H2. The molecule has 0 heterocycles. The molecule has 1 aromatic rings. The highest BCUT2D eigenvalue weighted by molar-refractivity contribution is 6.31. The largest absolute Gasteiger partial charge is 0.329 e. The Labute approximate surface area is 106 Å². The van der Waals surface area contributed by atoms with E-state index in [4.69, 9.17) is 17.3 Å². The van der Waals surface area contributed by atoms with Gasteiger partial charge in [-0.05, 0) is 30.5 Å². The van der Waals surface area contributed by atoms with Gasteiger partial charge in [-0.3, -0.25) is 0 Å². The Morgan fingerprint density at radius 3 is 2.71 bits per heavy atom. The van der Waals surface area contributed by atoms with Gasteiger partial charge in [-0.1, -0.05) is 30.5 Å². The minimum atomic E-state index is -0.310. The maximum atomic E-state index is 13.0. The van der Waals surface area contributed by atoms with E-state index in [2.05, 4.69) is 5.32 Å². The van der Waals surface area contributed by atoms with Crippen molar-refractivity contribution in [3.8, 4) is 0 Å². The molecule has 0 radical (unpaired) electrons. The minimum absolute atomic E-state index is 0.0196. The number of benzene rings is 1. The van der Waals surface area contributed by atoms with Crippen LogP contribution in [0.1, 0.15) is 37.3 Å². The van der Waals surface area contributed by atoms with Gasteiger partial charge >= 0.3 is 0 Å². The second kappa shape index (κ2) is 5.80. The Morgan fingerprint density at radius 1 is 1.41 bits per heavy atom. The van der Waals surface area contributed by atoms with Crippen LogP contribution in [0.15, 0.2) is 18.2 Å². The van der Waals surface area contributed by atoms with E-state index in [0.29, 0.717) is 17.6 Å². The summed E-state index contributed by atoms with van der Waals surface area (Å²) in [4.78, 5) is 0. The molecule has 2 rings (SSSR count). The second-order valence-electron chi connectivity index (χ2n) is 4.60. The molecule has 1 aliphatic rings. The molecule has 1 fully saturated rings. The van der Waals surface area contributed by atoms with E-state index < -0.39 is 0 Å². The average Bonchev–Trinajstić information content (AvgIpc) is 2.79. The summed E-state index contributed by atoms with van der Waals surface area (Å²) >= 11 is 6.05. The molecule has 1 atom stereocenters. The molecule has 1 saturated carbocycles. The van der Waals surface area contributed by atoms with Crippen molar-refractivity contribution in [2.45, 2.75) is 37.8 Å². The molecule has 0 amide bonds. The summed E-state index contributed by atoms with van der Waals surface area (Å²) < 4.78 is 13.0. The first-order chi connectivity index (χ1) is 8.20. The lowest BCUT2D eigenvalue weighted by Gasteiger charge is -2.22. The normalized spacial score (nSPS) is 18.5. The molecule has 4 heteroatoms. The summed E-state index contributed by atoms with van der Waals surface area (Å²) in [5.41, 5.74) is 6.67. The van der Waals surface area contributed by atoms with Crippen molar-refractivity contribution in [2.24, 2.45) is 5.73 Å². The Kier molecular flexibility index (Phi) is 4.37. The monoisotopic (exact) mass is 256 g/mol. The third kappa shape index (κ3) is 3.18. The molecule has 1 aliphatic carbocycles. The summed E-state index contributed by atoms with van der Waals surface area (Å²) in [6, 6.07) is 5.03. The lowest BCUT2D eigenvalue weighted by Crippen LogP contribution is -2.35. The fourth-order valence-electron chi connectivity index (χ4n) is 2.45. The number of nitrogens with two attached hydrogens (primary N) is 1. The summed E-state index contributed by atoms with van der Waals surface area (Å²) in [6.07, 6.45) is 4.92. The van der Waals surface area contributed by atoms with E-state index in [1.165, 1.54) is 37.8 Å². The van der Waals surface area contributed by atoms with Crippen molar-refractivity contribution in [1.82, 2.24) is 5.32 Å². The highest BCUT2D eigenvalue weighted by atomic mass is 35.5. The Morgan fingerprint density at radius 2 is 2.12 bits per heavy atom. The smallest absolute Gasteiger partial charge is 0.124 e. The molecule has 0 aliphatic heterocycles. The van der Waals surface area contributed by atoms with E-state index in [-0.39, 0.29) is 11.9 Å². The van der Waals surface area contributed by atoms with Gasteiger partial charge in [0.2, 0.25) is 0 Å². The van der Waals surface area contributed by atoms with Gasteiger partial charge < -0.3 is 11.1 Å². The van der Waals surface area contributed by atoms with Crippen LogP contribution in [-0.2, 0) is 0 Å². The van der Waals surface area contributed by atoms with Crippen molar-refractivity contribution in [2.75, 3.05) is 6.54 Å². The quantitative estimate of drug-likeness (QED) is 0.869. The minimum Gasteiger partial charge on any atom is -0.329 e. The molecule has 1 aromatic carbocycles. The van der Waals surface area contributed by atoms with Crippen LogP contribution in [0.2, 0.25) is 5.02 Å². The molecule has 3 N–H and O–H groups in total. The van der Waals surface area contributed by atoms with Crippen molar-refractivity contribution >= 4 is 11.6 Å². The number of hydrogen-bond donors (Lipinski definition) is 2. The fourth-order valence-corrected chi connectivity index (χ4v) is 2.74. The van der Waals surface area contributed by atoms with E-state index in [1.807, 2.05) is 0 Å². The zero-order chi connectivity index (χ0) is 12.3. The molecule has 0 saturated heterocycles. The van der Waals surface area contributed by atoms with Gasteiger partial charge in [0, 0.05) is 23.7 Å². The maximum Gasteiger partial charge on any atom is 0.124 e. The number of rotatable bonds is 4. The molecule has 2 nitrogen and oxygen atoms in total. The number of halogens is 2. The van der Waals surface area contributed by atoms with Gasteiger partial charge in [0.25, 0.3) is 0 Å². The van der Waals surface area contributed by atoms with Gasteiger partial charge in [-0.25, -0.2) is 4.39 Å². The summed E-state index contributed by atoms with van der Waals surface area (Å²) in [5.74, 6) is -0.310. The zero-order valence-electron chi connectivity index (χ0n) is 9.76. The Bertz CT molecular complexity index is 378. The van der Waals surface area contributed by atoms with E-state index in [9.17, 15) is 4.39 Å². The molecular weight excluding hydrogens is 239 g/mol. The Balaban J connectivity index is 2.10. The third-order valence-corrected chi connectivity index (χ3v) is 3.69. The van der Waals surface area contributed by atoms with Crippen molar-refractivity contribution < 1.29 is 4.39 Å². The zero-order valence-corrected chi connectivity index (χ0v) is 10.5.